The maximum Gasteiger partial charge on any atom is 0.326 e. The van der Waals surface area contributed by atoms with E-state index < -0.39 is 17.7 Å². The number of nitrogens with one attached hydrogen (secondary N) is 1. The van der Waals surface area contributed by atoms with Gasteiger partial charge < -0.3 is 15.0 Å². The van der Waals surface area contributed by atoms with Gasteiger partial charge in [-0.2, -0.15) is 0 Å². The van der Waals surface area contributed by atoms with Crippen LogP contribution in [0, 0.1) is 0 Å². The highest BCUT2D eigenvalue weighted by molar-refractivity contribution is 5.92. The minimum absolute atomic E-state index is 0.0979. The minimum atomic E-state index is -0.968. The number of rotatable bonds is 4. The van der Waals surface area contributed by atoms with Crippen LogP contribution in [0.2, 0.25) is 0 Å². The SMILES string of the molecule is CC1(C)N2Cc3[nH]c4ccccc4c3C[C@H]2C(=O)N1[C@@H](Cc1ccccc1)C(=O)O. The Morgan fingerprint density at radius 2 is 1.87 bits per heavy atom. The minimum Gasteiger partial charge on any atom is -0.480 e. The van der Waals surface area contributed by atoms with Crippen molar-refractivity contribution < 1.29 is 14.7 Å². The standard InChI is InChI=1S/C24H25N3O3/c1-24(2)26-14-19-17(16-10-6-7-11-18(16)25-19)13-20(26)22(28)27(24)21(23(29)30)12-15-8-4-3-5-9-15/h3-11,20-21,25H,12-14H2,1-2H3,(H,29,30)/t20-,21-/m0/s1. The molecule has 2 aliphatic heterocycles. The zero-order chi connectivity index (χ0) is 21.0. The van der Waals surface area contributed by atoms with Gasteiger partial charge in [0.15, 0.2) is 0 Å². The van der Waals surface area contributed by atoms with E-state index in [1.165, 1.54) is 5.56 Å². The van der Waals surface area contributed by atoms with E-state index in [0.29, 0.717) is 19.4 Å². The lowest BCUT2D eigenvalue weighted by Gasteiger charge is -2.42. The number of nitrogens with zero attached hydrogens (tertiary/aromatic N) is 2. The topological polar surface area (TPSA) is 76.6 Å². The van der Waals surface area contributed by atoms with E-state index in [1.807, 2.05) is 56.3 Å². The van der Waals surface area contributed by atoms with Gasteiger partial charge in [0.05, 0.1) is 11.7 Å². The van der Waals surface area contributed by atoms with E-state index in [1.54, 1.807) is 4.90 Å². The quantitative estimate of drug-likeness (QED) is 0.702. The Labute approximate surface area is 175 Å². The number of carbonyl (C=O) groups excluding carboxylic acids is 1. The number of carboxylic acids is 1. The number of benzene rings is 2. The number of para-hydroxylation sites is 1. The van der Waals surface area contributed by atoms with Gasteiger partial charge in [-0.05, 0) is 37.5 Å². The van der Waals surface area contributed by atoms with Crippen molar-refractivity contribution >= 4 is 22.8 Å². The van der Waals surface area contributed by atoms with Gasteiger partial charge in [0.25, 0.3) is 0 Å². The van der Waals surface area contributed by atoms with Gasteiger partial charge in [0.1, 0.15) is 6.04 Å². The van der Waals surface area contributed by atoms with Crippen LogP contribution in [-0.2, 0) is 29.0 Å². The monoisotopic (exact) mass is 403 g/mol. The summed E-state index contributed by atoms with van der Waals surface area (Å²) in [5, 5.41) is 11.2. The van der Waals surface area contributed by atoms with Crippen LogP contribution in [0.25, 0.3) is 10.9 Å². The van der Waals surface area contributed by atoms with E-state index >= 15 is 0 Å². The number of amides is 1. The van der Waals surface area contributed by atoms with E-state index in [9.17, 15) is 14.7 Å². The molecule has 154 valence electrons. The highest BCUT2D eigenvalue weighted by atomic mass is 16.4. The molecular weight excluding hydrogens is 378 g/mol. The number of aromatic nitrogens is 1. The van der Waals surface area contributed by atoms with Crippen LogP contribution < -0.4 is 0 Å². The second kappa shape index (κ2) is 6.71. The number of hydrogen-bond donors (Lipinski definition) is 2. The predicted octanol–water partition coefficient (Wildman–Crippen LogP) is 3.17. The molecule has 2 N–H and O–H groups in total. The molecule has 2 aromatic carbocycles. The van der Waals surface area contributed by atoms with Crippen LogP contribution in [0.5, 0.6) is 0 Å². The summed E-state index contributed by atoms with van der Waals surface area (Å²) in [5.74, 6) is -1.07. The lowest BCUT2D eigenvalue weighted by Crippen LogP contribution is -2.56. The van der Waals surface area contributed by atoms with Crippen molar-refractivity contribution in [2.24, 2.45) is 0 Å². The highest BCUT2D eigenvalue weighted by Gasteiger charge is 2.56. The third-order valence-electron chi connectivity index (χ3n) is 6.69. The first-order chi connectivity index (χ1) is 14.4. The molecule has 3 heterocycles. The van der Waals surface area contributed by atoms with E-state index in [4.69, 9.17) is 0 Å². The van der Waals surface area contributed by atoms with Crippen LogP contribution >= 0.6 is 0 Å². The summed E-state index contributed by atoms with van der Waals surface area (Å²) in [6, 6.07) is 16.4. The molecule has 5 rings (SSSR count). The normalized spacial score (nSPS) is 21.5. The molecule has 6 nitrogen and oxygen atoms in total. The van der Waals surface area contributed by atoms with Crippen molar-refractivity contribution in [3.63, 3.8) is 0 Å². The Morgan fingerprint density at radius 3 is 2.60 bits per heavy atom. The van der Waals surface area contributed by atoms with Crippen LogP contribution in [0.3, 0.4) is 0 Å². The van der Waals surface area contributed by atoms with Crippen molar-refractivity contribution in [1.82, 2.24) is 14.8 Å². The van der Waals surface area contributed by atoms with E-state index in [0.717, 1.165) is 22.2 Å². The first-order valence-electron chi connectivity index (χ1n) is 10.3. The molecule has 1 saturated heterocycles. The second-order valence-electron chi connectivity index (χ2n) is 8.72. The summed E-state index contributed by atoms with van der Waals surface area (Å²) in [6.07, 6.45) is 0.885. The lowest BCUT2D eigenvalue weighted by atomic mass is 9.96. The number of carbonyl (C=O) groups is 2. The lowest BCUT2D eigenvalue weighted by molar-refractivity contribution is -0.153. The van der Waals surface area contributed by atoms with Gasteiger partial charge >= 0.3 is 5.97 Å². The Bertz CT molecular complexity index is 1140. The number of carboxylic acid groups (broad SMARTS) is 1. The van der Waals surface area contributed by atoms with E-state index in [2.05, 4.69) is 22.0 Å². The Kier molecular flexibility index (Phi) is 4.22. The van der Waals surface area contributed by atoms with E-state index in [-0.39, 0.29) is 11.9 Å². The highest BCUT2D eigenvalue weighted by Crippen LogP contribution is 2.41. The fraction of sp³-hybridized carbons (Fsp3) is 0.333. The first-order valence-corrected chi connectivity index (χ1v) is 10.3. The summed E-state index contributed by atoms with van der Waals surface area (Å²) < 4.78 is 0. The van der Waals surface area contributed by atoms with Crippen molar-refractivity contribution in [2.45, 2.75) is 51.0 Å². The van der Waals surface area contributed by atoms with Gasteiger partial charge in [-0.3, -0.25) is 9.69 Å². The molecule has 1 aromatic heterocycles. The van der Waals surface area contributed by atoms with Crippen molar-refractivity contribution in [3.05, 3.63) is 71.4 Å². The molecule has 30 heavy (non-hydrogen) atoms. The molecule has 0 radical (unpaired) electrons. The Balaban J connectivity index is 1.51. The summed E-state index contributed by atoms with van der Waals surface area (Å²) in [5.41, 5.74) is 3.58. The van der Waals surface area contributed by atoms with Crippen LogP contribution in [0.15, 0.2) is 54.6 Å². The zero-order valence-electron chi connectivity index (χ0n) is 17.1. The predicted molar refractivity (Wildman–Crippen MR) is 114 cm³/mol. The molecule has 2 aliphatic rings. The summed E-state index contributed by atoms with van der Waals surface area (Å²) in [7, 11) is 0. The van der Waals surface area contributed by atoms with Crippen molar-refractivity contribution in [1.29, 1.82) is 0 Å². The van der Waals surface area contributed by atoms with Gasteiger partial charge in [0.2, 0.25) is 5.91 Å². The summed E-state index contributed by atoms with van der Waals surface area (Å²) >= 11 is 0. The average Bonchev–Trinajstić information content (AvgIpc) is 3.18. The van der Waals surface area contributed by atoms with Crippen molar-refractivity contribution in [3.8, 4) is 0 Å². The maximum atomic E-state index is 13.6. The van der Waals surface area contributed by atoms with Gasteiger partial charge in [0, 0.05) is 29.6 Å². The fourth-order valence-electron chi connectivity index (χ4n) is 5.23. The maximum absolute atomic E-state index is 13.6. The zero-order valence-corrected chi connectivity index (χ0v) is 17.1. The summed E-state index contributed by atoms with van der Waals surface area (Å²) in [6.45, 7) is 4.51. The molecule has 0 saturated carbocycles. The molecular formula is C24H25N3O3. The third kappa shape index (κ3) is 2.75. The third-order valence-corrected chi connectivity index (χ3v) is 6.69. The van der Waals surface area contributed by atoms with Crippen LogP contribution in [0.4, 0.5) is 0 Å². The molecule has 2 atom stereocenters. The Morgan fingerprint density at radius 1 is 1.17 bits per heavy atom. The van der Waals surface area contributed by atoms with Crippen LogP contribution in [0.1, 0.15) is 30.7 Å². The molecule has 0 spiro atoms. The second-order valence-corrected chi connectivity index (χ2v) is 8.72. The first kappa shape index (κ1) is 18.9. The van der Waals surface area contributed by atoms with Crippen LogP contribution in [-0.4, -0.2) is 49.5 Å². The Hall–Kier alpha value is -3.12. The largest absolute Gasteiger partial charge is 0.480 e. The molecule has 0 aliphatic carbocycles. The number of aliphatic carboxylic acids is 1. The number of aromatic amines is 1. The van der Waals surface area contributed by atoms with Gasteiger partial charge in [-0.1, -0.05) is 48.5 Å². The molecule has 3 aromatic rings. The molecule has 0 bridgehead atoms. The van der Waals surface area contributed by atoms with Gasteiger partial charge in [-0.15, -0.1) is 0 Å². The number of fused-ring (bicyclic) bond motifs is 4. The molecule has 6 heteroatoms. The molecule has 1 fully saturated rings. The fourth-order valence-corrected chi connectivity index (χ4v) is 5.23. The number of hydrogen-bond acceptors (Lipinski definition) is 3. The molecule has 1 amide bonds. The summed E-state index contributed by atoms with van der Waals surface area (Å²) in [4.78, 5) is 33.1. The molecule has 0 unspecified atom stereocenters. The number of H-pyrrole nitrogens is 1. The van der Waals surface area contributed by atoms with Crippen molar-refractivity contribution in [2.75, 3.05) is 0 Å². The smallest absolute Gasteiger partial charge is 0.326 e. The average molecular weight is 403 g/mol. The van der Waals surface area contributed by atoms with Gasteiger partial charge in [-0.25, -0.2) is 4.79 Å².